The number of para-hydroxylation sites is 1. The van der Waals surface area contributed by atoms with E-state index in [9.17, 15) is 9.59 Å². The third-order valence-corrected chi connectivity index (χ3v) is 3.02. The molecule has 0 aliphatic rings. The summed E-state index contributed by atoms with van der Waals surface area (Å²) in [5.41, 5.74) is 1.27. The standard InChI is InChI=1S/C14H15NO5/c1-8-9-5-3-4-6-11(9)20-12(8)13(17)15-10(7-16)14(18)19-2/h3-6,10,16H,7H2,1-2H3,(H,15,17). The van der Waals surface area contributed by atoms with Gasteiger partial charge < -0.3 is 19.6 Å². The summed E-state index contributed by atoms with van der Waals surface area (Å²) in [6.45, 7) is 1.21. The predicted octanol–water partition coefficient (Wildman–Crippen LogP) is 1.00. The van der Waals surface area contributed by atoms with Gasteiger partial charge in [0.05, 0.1) is 13.7 Å². The number of carbonyl (C=O) groups is 2. The monoisotopic (exact) mass is 277 g/mol. The number of methoxy groups -OCH3 is 1. The summed E-state index contributed by atoms with van der Waals surface area (Å²) in [5, 5.41) is 12.3. The molecule has 6 heteroatoms. The van der Waals surface area contributed by atoms with E-state index in [0.717, 1.165) is 5.39 Å². The third-order valence-electron chi connectivity index (χ3n) is 3.02. The summed E-state index contributed by atoms with van der Waals surface area (Å²) in [7, 11) is 1.18. The van der Waals surface area contributed by atoms with Crippen LogP contribution in [0.25, 0.3) is 11.0 Å². The van der Waals surface area contributed by atoms with E-state index in [1.54, 1.807) is 19.1 Å². The summed E-state index contributed by atoms with van der Waals surface area (Å²) >= 11 is 0. The number of hydrogen-bond donors (Lipinski definition) is 2. The molecule has 0 saturated carbocycles. The van der Waals surface area contributed by atoms with Crippen molar-refractivity contribution in [3.05, 3.63) is 35.6 Å². The lowest BCUT2D eigenvalue weighted by molar-refractivity contribution is -0.143. The fourth-order valence-corrected chi connectivity index (χ4v) is 1.94. The minimum Gasteiger partial charge on any atom is -0.467 e. The fraction of sp³-hybridized carbons (Fsp3) is 0.286. The Morgan fingerprint density at radius 1 is 1.40 bits per heavy atom. The molecule has 0 aliphatic carbocycles. The number of fused-ring (bicyclic) bond motifs is 1. The van der Waals surface area contributed by atoms with Crippen molar-refractivity contribution >= 4 is 22.8 Å². The molecule has 2 rings (SSSR count). The molecule has 1 unspecified atom stereocenters. The van der Waals surface area contributed by atoms with Gasteiger partial charge in [-0.15, -0.1) is 0 Å². The maximum absolute atomic E-state index is 12.1. The van der Waals surface area contributed by atoms with Crippen molar-refractivity contribution in [2.24, 2.45) is 0 Å². The quantitative estimate of drug-likeness (QED) is 0.814. The Kier molecular flexibility index (Phi) is 4.05. The van der Waals surface area contributed by atoms with Crippen LogP contribution in [0.5, 0.6) is 0 Å². The molecule has 1 heterocycles. The zero-order valence-electron chi connectivity index (χ0n) is 11.2. The highest BCUT2D eigenvalue weighted by atomic mass is 16.5. The van der Waals surface area contributed by atoms with Crippen LogP contribution < -0.4 is 5.32 Å². The molecule has 0 bridgehead atoms. The third kappa shape index (κ3) is 2.50. The topological polar surface area (TPSA) is 88.8 Å². The van der Waals surface area contributed by atoms with Crippen LogP contribution in [-0.4, -0.2) is 36.7 Å². The second-order valence-electron chi connectivity index (χ2n) is 4.28. The van der Waals surface area contributed by atoms with Crippen molar-refractivity contribution in [1.29, 1.82) is 0 Å². The Labute approximate surface area is 115 Å². The summed E-state index contributed by atoms with van der Waals surface area (Å²) in [4.78, 5) is 23.4. The van der Waals surface area contributed by atoms with E-state index in [2.05, 4.69) is 10.1 Å². The number of furan rings is 1. The first-order chi connectivity index (χ1) is 9.58. The molecule has 1 atom stereocenters. The minimum absolute atomic E-state index is 0.119. The highest BCUT2D eigenvalue weighted by molar-refractivity contribution is 6.00. The van der Waals surface area contributed by atoms with Gasteiger partial charge in [0.1, 0.15) is 5.58 Å². The minimum atomic E-state index is -1.11. The average molecular weight is 277 g/mol. The van der Waals surface area contributed by atoms with Gasteiger partial charge in [-0.3, -0.25) is 4.79 Å². The first-order valence-corrected chi connectivity index (χ1v) is 6.06. The van der Waals surface area contributed by atoms with E-state index in [4.69, 9.17) is 9.52 Å². The number of carbonyl (C=O) groups excluding carboxylic acids is 2. The summed E-state index contributed by atoms with van der Waals surface area (Å²) in [6.07, 6.45) is 0. The second kappa shape index (κ2) is 5.75. The first-order valence-electron chi connectivity index (χ1n) is 6.06. The number of amides is 1. The van der Waals surface area contributed by atoms with Gasteiger partial charge in [-0.1, -0.05) is 18.2 Å². The molecule has 0 fully saturated rings. The number of aliphatic hydroxyl groups is 1. The second-order valence-corrected chi connectivity index (χ2v) is 4.28. The number of hydrogen-bond acceptors (Lipinski definition) is 5. The highest BCUT2D eigenvalue weighted by Crippen LogP contribution is 2.24. The molecular formula is C14H15NO5. The Morgan fingerprint density at radius 3 is 2.70 bits per heavy atom. The molecule has 0 aliphatic heterocycles. The molecule has 20 heavy (non-hydrogen) atoms. The van der Waals surface area contributed by atoms with E-state index < -0.39 is 24.5 Å². The van der Waals surface area contributed by atoms with Crippen LogP contribution in [0.2, 0.25) is 0 Å². The number of nitrogens with one attached hydrogen (secondary N) is 1. The van der Waals surface area contributed by atoms with Gasteiger partial charge in [0.2, 0.25) is 0 Å². The van der Waals surface area contributed by atoms with E-state index in [-0.39, 0.29) is 5.76 Å². The zero-order valence-corrected chi connectivity index (χ0v) is 11.2. The zero-order chi connectivity index (χ0) is 14.7. The molecule has 0 spiro atoms. The van der Waals surface area contributed by atoms with Gasteiger partial charge in [0.15, 0.2) is 11.8 Å². The van der Waals surface area contributed by atoms with Crippen LogP contribution >= 0.6 is 0 Å². The van der Waals surface area contributed by atoms with Crippen molar-refractivity contribution in [2.45, 2.75) is 13.0 Å². The molecule has 2 N–H and O–H groups in total. The van der Waals surface area contributed by atoms with Crippen molar-refractivity contribution in [2.75, 3.05) is 13.7 Å². The summed E-state index contributed by atoms with van der Waals surface area (Å²) in [5.74, 6) is -1.16. The van der Waals surface area contributed by atoms with E-state index in [1.165, 1.54) is 7.11 Å². The van der Waals surface area contributed by atoms with Gasteiger partial charge >= 0.3 is 5.97 Å². The molecule has 1 amide bonds. The van der Waals surface area contributed by atoms with Crippen LogP contribution in [0.15, 0.2) is 28.7 Å². The number of esters is 1. The summed E-state index contributed by atoms with van der Waals surface area (Å²) < 4.78 is 9.96. The first kappa shape index (κ1) is 14.1. The number of ether oxygens (including phenoxy) is 1. The van der Waals surface area contributed by atoms with E-state index >= 15 is 0 Å². The summed E-state index contributed by atoms with van der Waals surface area (Å²) in [6, 6.07) is 6.13. The SMILES string of the molecule is COC(=O)C(CO)NC(=O)c1oc2ccccc2c1C. The van der Waals surface area contributed by atoms with Gasteiger partial charge in [-0.2, -0.15) is 0 Å². The smallest absolute Gasteiger partial charge is 0.330 e. The molecular weight excluding hydrogens is 262 g/mol. The number of rotatable bonds is 4. The van der Waals surface area contributed by atoms with Crippen LogP contribution in [0.3, 0.4) is 0 Å². The van der Waals surface area contributed by atoms with Crippen LogP contribution in [-0.2, 0) is 9.53 Å². The number of aliphatic hydroxyl groups excluding tert-OH is 1. The molecule has 0 radical (unpaired) electrons. The Hall–Kier alpha value is -2.34. The van der Waals surface area contributed by atoms with Crippen molar-refractivity contribution in [3.8, 4) is 0 Å². The number of benzene rings is 1. The molecule has 0 saturated heterocycles. The Bertz CT molecular complexity index is 646. The Morgan fingerprint density at radius 2 is 2.10 bits per heavy atom. The average Bonchev–Trinajstić information content (AvgIpc) is 2.81. The maximum atomic E-state index is 12.1. The lowest BCUT2D eigenvalue weighted by Gasteiger charge is -2.12. The largest absolute Gasteiger partial charge is 0.467 e. The van der Waals surface area contributed by atoms with Gasteiger partial charge in [-0.05, 0) is 13.0 Å². The normalized spacial score (nSPS) is 12.2. The Balaban J connectivity index is 2.27. The van der Waals surface area contributed by atoms with Gasteiger partial charge in [0.25, 0.3) is 5.91 Å². The molecule has 106 valence electrons. The maximum Gasteiger partial charge on any atom is 0.330 e. The van der Waals surface area contributed by atoms with Crippen molar-refractivity contribution in [1.82, 2.24) is 5.32 Å². The fourth-order valence-electron chi connectivity index (χ4n) is 1.94. The lowest BCUT2D eigenvalue weighted by atomic mass is 10.1. The molecule has 6 nitrogen and oxygen atoms in total. The van der Waals surface area contributed by atoms with Crippen LogP contribution in [0, 0.1) is 6.92 Å². The predicted molar refractivity (Wildman–Crippen MR) is 71.3 cm³/mol. The van der Waals surface area contributed by atoms with Crippen molar-refractivity contribution < 1.29 is 23.8 Å². The van der Waals surface area contributed by atoms with Crippen molar-refractivity contribution in [3.63, 3.8) is 0 Å². The van der Waals surface area contributed by atoms with Crippen LogP contribution in [0.4, 0.5) is 0 Å². The molecule has 1 aromatic heterocycles. The lowest BCUT2D eigenvalue weighted by Crippen LogP contribution is -2.44. The van der Waals surface area contributed by atoms with E-state index in [1.807, 2.05) is 12.1 Å². The van der Waals surface area contributed by atoms with Gasteiger partial charge in [0, 0.05) is 10.9 Å². The molecule has 2 aromatic rings. The highest BCUT2D eigenvalue weighted by Gasteiger charge is 2.24. The molecule has 1 aromatic carbocycles. The van der Waals surface area contributed by atoms with E-state index in [0.29, 0.717) is 11.1 Å². The van der Waals surface area contributed by atoms with Gasteiger partial charge in [-0.25, -0.2) is 4.79 Å². The van der Waals surface area contributed by atoms with Crippen LogP contribution in [0.1, 0.15) is 16.1 Å². The number of aryl methyl sites for hydroxylation is 1.